The fraction of sp³-hybridized carbons (Fsp3) is 0.214. The zero-order valence-corrected chi connectivity index (χ0v) is 10.8. The molecule has 86 valence electrons. The SMILES string of the molecule is Cc1sc2ccc3c(C)cc(=O)oc3c2c1C. The maximum atomic E-state index is 11.5. The molecule has 0 atom stereocenters. The Morgan fingerprint density at radius 1 is 1.18 bits per heavy atom. The highest BCUT2D eigenvalue weighted by atomic mass is 32.1. The summed E-state index contributed by atoms with van der Waals surface area (Å²) in [7, 11) is 0. The first-order valence-corrected chi connectivity index (χ1v) is 6.33. The number of fused-ring (bicyclic) bond motifs is 3. The third kappa shape index (κ3) is 1.42. The van der Waals surface area contributed by atoms with Crippen molar-refractivity contribution in [2.75, 3.05) is 0 Å². The molecule has 3 rings (SSSR count). The van der Waals surface area contributed by atoms with Crippen LogP contribution in [0, 0.1) is 20.8 Å². The van der Waals surface area contributed by atoms with Crippen molar-refractivity contribution in [1.29, 1.82) is 0 Å². The number of rotatable bonds is 0. The van der Waals surface area contributed by atoms with E-state index in [0.717, 1.165) is 21.9 Å². The van der Waals surface area contributed by atoms with Crippen LogP contribution in [0.4, 0.5) is 0 Å². The fourth-order valence-electron chi connectivity index (χ4n) is 2.22. The molecule has 0 unspecified atom stereocenters. The average molecular weight is 244 g/mol. The van der Waals surface area contributed by atoms with Crippen LogP contribution in [0.15, 0.2) is 27.4 Å². The third-order valence-corrected chi connectivity index (χ3v) is 4.42. The van der Waals surface area contributed by atoms with Gasteiger partial charge in [-0.05, 0) is 44.0 Å². The van der Waals surface area contributed by atoms with E-state index in [9.17, 15) is 4.79 Å². The van der Waals surface area contributed by atoms with Crippen LogP contribution in [0.3, 0.4) is 0 Å². The van der Waals surface area contributed by atoms with Crippen molar-refractivity contribution in [3.8, 4) is 0 Å². The quantitative estimate of drug-likeness (QED) is 0.561. The van der Waals surface area contributed by atoms with Crippen LogP contribution in [0.1, 0.15) is 16.0 Å². The maximum absolute atomic E-state index is 11.5. The van der Waals surface area contributed by atoms with Gasteiger partial charge in [-0.25, -0.2) is 4.79 Å². The monoisotopic (exact) mass is 244 g/mol. The van der Waals surface area contributed by atoms with E-state index >= 15 is 0 Å². The molecule has 0 aliphatic rings. The Balaban J connectivity index is 2.67. The summed E-state index contributed by atoms with van der Waals surface area (Å²) in [5, 5.41) is 2.11. The van der Waals surface area contributed by atoms with E-state index in [1.165, 1.54) is 15.1 Å². The van der Waals surface area contributed by atoms with Crippen LogP contribution < -0.4 is 5.63 Å². The summed E-state index contributed by atoms with van der Waals surface area (Å²) in [5.41, 5.74) is 2.64. The normalized spacial score (nSPS) is 11.5. The lowest BCUT2D eigenvalue weighted by Gasteiger charge is -2.02. The lowest BCUT2D eigenvalue weighted by Crippen LogP contribution is -1.97. The molecule has 2 heterocycles. The van der Waals surface area contributed by atoms with Gasteiger partial charge in [0.05, 0.1) is 0 Å². The van der Waals surface area contributed by atoms with E-state index in [-0.39, 0.29) is 5.63 Å². The number of aryl methyl sites for hydroxylation is 3. The Bertz CT molecular complexity index is 793. The standard InChI is InChI=1S/C14H12O2S/c1-7-6-12(15)16-14-10(7)4-5-11-13(14)8(2)9(3)17-11/h4-6H,1-3H3. The molecule has 17 heavy (non-hydrogen) atoms. The average Bonchev–Trinajstić information content (AvgIpc) is 2.54. The van der Waals surface area contributed by atoms with Gasteiger partial charge in [0.2, 0.25) is 0 Å². The summed E-state index contributed by atoms with van der Waals surface area (Å²) in [6, 6.07) is 5.68. The molecule has 0 radical (unpaired) electrons. The van der Waals surface area contributed by atoms with Gasteiger partial charge in [0.15, 0.2) is 0 Å². The molecule has 2 aromatic heterocycles. The van der Waals surface area contributed by atoms with E-state index in [2.05, 4.69) is 19.9 Å². The summed E-state index contributed by atoms with van der Waals surface area (Å²) >= 11 is 1.74. The van der Waals surface area contributed by atoms with E-state index in [4.69, 9.17) is 4.42 Å². The molecule has 0 amide bonds. The van der Waals surface area contributed by atoms with Crippen molar-refractivity contribution in [1.82, 2.24) is 0 Å². The van der Waals surface area contributed by atoms with Gasteiger partial charge in [-0.2, -0.15) is 0 Å². The molecular formula is C14H12O2S. The summed E-state index contributed by atoms with van der Waals surface area (Å²) in [6.45, 7) is 6.12. The minimum absolute atomic E-state index is 0.272. The highest BCUT2D eigenvalue weighted by Gasteiger charge is 2.12. The molecule has 0 bridgehead atoms. The first-order valence-electron chi connectivity index (χ1n) is 5.51. The highest BCUT2D eigenvalue weighted by Crippen LogP contribution is 2.35. The van der Waals surface area contributed by atoms with Gasteiger partial charge in [0, 0.05) is 26.4 Å². The first-order chi connectivity index (χ1) is 8.08. The number of thiophene rings is 1. The molecule has 0 spiro atoms. The van der Waals surface area contributed by atoms with Crippen LogP contribution >= 0.6 is 11.3 Å². The molecule has 0 N–H and O–H groups in total. The summed E-state index contributed by atoms with van der Waals surface area (Å²) in [6.07, 6.45) is 0. The zero-order chi connectivity index (χ0) is 12.2. The summed E-state index contributed by atoms with van der Waals surface area (Å²) in [5.74, 6) is 0. The van der Waals surface area contributed by atoms with Gasteiger partial charge >= 0.3 is 5.63 Å². The van der Waals surface area contributed by atoms with Crippen LogP contribution in [0.2, 0.25) is 0 Å². The number of benzene rings is 1. The van der Waals surface area contributed by atoms with E-state index in [1.807, 2.05) is 13.0 Å². The molecule has 0 saturated carbocycles. The van der Waals surface area contributed by atoms with Gasteiger partial charge < -0.3 is 4.42 Å². The Morgan fingerprint density at radius 3 is 2.71 bits per heavy atom. The Morgan fingerprint density at radius 2 is 1.94 bits per heavy atom. The number of hydrogen-bond donors (Lipinski definition) is 0. The van der Waals surface area contributed by atoms with Gasteiger partial charge in [0.1, 0.15) is 5.58 Å². The second-order valence-corrected chi connectivity index (χ2v) is 5.60. The van der Waals surface area contributed by atoms with Gasteiger partial charge in [-0.15, -0.1) is 11.3 Å². The molecule has 0 aliphatic heterocycles. The van der Waals surface area contributed by atoms with Gasteiger partial charge in [-0.1, -0.05) is 0 Å². The third-order valence-electron chi connectivity index (χ3n) is 3.25. The van der Waals surface area contributed by atoms with Crippen molar-refractivity contribution in [2.45, 2.75) is 20.8 Å². The molecule has 3 aromatic rings. The number of hydrogen-bond acceptors (Lipinski definition) is 3. The molecule has 0 fully saturated rings. The first kappa shape index (κ1) is 10.5. The summed E-state index contributed by atoms with van der Waals surface area (Å²) < 4.78 is 6.58. The van der Waals surface area contributed by atoms with Gasteiger partial charge in [0.25, 0.3) is 0 Å². The minimum Gasteiger partial charge on any atom is -0.422 e. The fourth-order valence-corrected chi connectivity index (χ4v) is 3.29. The van der Waals surface area contributed by atoms with E-state index < -0.39 is 0 Å². The van der Waals surface area contributed by atoms with Crippen molar-refractivity contribution < 1.29 is 4.42 Å². The van der Waals surface area contributed by atoms with Crippen molar-refractivity contribution >= 4 is 32.4 Å². The Hall–Kier alpha value is -1.61. The molecule has 0 saturated heterocycles. The topological polar surface area (TPSA) is 30.2 Å². The Kier molecular flexibility index (Phi) is 2.13. The predicted octanol–water partition coefficient (Wildman–Crippen LogP) is 3.93. The molecule has 2 nitrogen and oxygen atoms in total. The lowest BCUT2D eigenvalue weighted by molar-refractivity contribution is 0.563. The van der Waals surface area contributed by atoms with Crippen LogP contribution in [-0.4, -0.2) is 0 Å². The lowest BCUT2D eigenvalue weighted by atomic mass is 10.1. The van der Waals surface area contributed by atoms with Crippen LogP contribution in [0.5, 0.6) is 0 Å². The van der Waals surface area contributed by atoms with Crippen molar-refractivity contribution in [3.63, 3.8) is 0 Å². The van der Waals surface area contributed by atoms with Crippen LogP contribution in [-0.2, 0) is 0 Å². The molecule has 3 heteroatoms. The minimum atomic E-state index is -0.272. The Labute approximate surface area is 102 Å². The van der Waals surface area contributed by atoms with Crippen LogP contribution in [0.25, 0.3) is 21.1 Å². The highest BCUT2D eigenvalue weighted by molar-refractivity contribution is 7.19. The van der Waals surface area contributed by atoms with E-state index in [1.54, 1.807) is 17.4 Å². The smallest absolute Gasteiger partial charge is 0.336 e. The van der Waals surface area contributed by atoms with E-state index in [0.29, 0.717) is 0 Å². The van der Waals surface area contributed by atoms with Crippen molar-refractivity contribution in [2.24, 2.45) is 0 Å². The molecule has 0 aliphatic carbocycles. The zero-order valence-electron chi connectivity index (χ0n) is 9.96. The second-order valence-electron chi connectivity index (χ2n) is 4.35. The predicted molar refractivity (Wildman–Crippen MR) is 72.1 cm³/mol. The molecule has 1 aromatic carbocycles. The summed E-state index contributed by atoms with van der Waals surface area (Å²) in [4.78, 5) is 12.8. The molecular weight excluding hydrogens is 232 g/mol. The van der Waals surface area contributed by atoms with Crippen molar-refractivity contribution in [3.05, 3.63) is 44.6 Å². The largest absolute Gasteiger partial charge is 0.422 e. The van der Waals surface area contributed by atoms with Gasteiger partial charge in [-0.3, -0.25) is 0 Å². The maximum Gasteiger partial charge on any atom is 0.336 e. The second kappa shape index (κ2) is 3.44.